The van der Waals surface area contributed by atoms with Crippen molar-refractivity contribution in [2.45, 2.75) is 17.7 Å². The summed E-state index contributed by atoms with van der Waals surface area (Å²) in [5.74, 6) is -0.887. The first kappa shape index (κ1) is 23.2. The van der Waals surface area contributed by atoms with Crippen LogP contribution in [-0.2, 0) is 10.0 Å². The molecule has 1 aliphatic rings. The van der Waals surface area contributed by atoms with Crippen molar-refractivity contribution in [2.75, 3.05) is 18.4 Å². The quantitative estimate of drug-likeness (QED) is 0.359. The number of rotatable bonds is 6. The van der Waals surface area contributed by atoms with Crippen molar-refractivity contribution in [3.8, 4) is 0 Å². The molecule has 0 unspecified atom stereocenters. The van der Waals surface area contributed by atoms with Gasteiger partial charge in [0.15, 0.2) is 5.11 Å². The van der Waals surface area contributed by atoms with Gasteiger partial charge < -0.3 is 5.32 Å². The first-order chi connectivity index (χ1) is 15.1. The zero-order chi connectivity index (χ0) is 23.5. The third-order valence-electron chi connectivity index (χ3n) is 4.63. The maximum atomic E-state index is 12.5. The maximum absolute atomic E-state index is 12.5. The van der Waals surface area contributed by atoms with Crippen molar-refractivity contribution in [2.24, 2.45) is 0 Å². The second-order valence-electron chi connectivity index (χ2n) is 6.80. The summed E-state index contributed by atoms with van der Waals surface area (Å²) in [5, 5.41) is 26.7. The van der Waals surface area contributed by atoms with E-state index in [4.69, 9.17) is 12.2 Å². The highest BCUT2D eigenvalue weighted by Gasteiger charge is 2.27. The molecule has 0 aliphatic carbocycles. The van der Waals surface area contributed by atoms with Crippen LogP contribution in [0.3, 0.4) is 0 Å². The molecule has 0 atom stereocenters. The van der Waals surface area contributed by atoms with Crippen LogP contribution < -0.4 is 10.6 Å². The second kappa shape index (κ2) is 9.33. The van der Waals surface area contributed by atoms with Crippen LogP contribution in [0.5, 0.6) is 0 Å². The number of carbonyl (C=O) groups is 1. The molecule has 0 aromatic heterocycles. The van der Waals surface area contributed by atoms with Gasteiger partial charge in [0.2, 0.25) is 10.0 Å². The molecule has 168 valence electrons. The summed E-state index contributed by atoms with van der Waals surface area (Å²) >= 11 is 5.04. The minimum atomic E-state index is -3.57. The van der Waals surface area contributed by atoms with Gasteiger partial charge in [0.05, 0.1) is 26.4 Å². The minimum Gasteiger partial charge on any atom is -0.332 e. The van der Waals surface area contributed by atoms with Crippen LogP contribution in [0, 0.1) is 20.2 Å². The molecule has 1 aliphatic heterocycles. The fourth-order valence-corrected chi connectivity index (χ4v) is 4.79. The molecule has 2 aromatic rings. The van der Waals surface area contributed by atoms with E-state index in [1.165, 1.54) is 28.6 Å². The summed E-state index contributed by atoms with van der Waals surface area (Å²) in [5.41, 5.74) is -1.15. The number of sulfonamides is 1. The molecule has 1 amide bonds. The van der Waals surface area contributed by atoms with Gasteiger partial charge in [-0.1, -0.05) is 0 Å². The van der Waals surface area contributed by atoms with Gasteiger partial charge in [-0.05, 0) is 49.3 Å². The van der Waals surface area contributed by atoms with E-state index >= 15 is 0 Å². The van der Waals surface area contributed by atoms with Crippen molar-refractivity contribution in [1.82, 2.24) is 9.62 Å². The number of benzene rings is 2. The molecule has 14 heteroatoms. The van der Waals surface area contributed by atoms with Gasteiger partial charge in [0.1, 0.15) is 0 Å². The Morgan fingerprint density at radius 2 is 1.50 bits per heavy atom. The zero-order valence-electron chi connectivity index (χ0n) is 16.4. The van der Waals surface area contributed by atoms with Gasteiger partial charge >= 0.3 is 0 Å². The molecule has 12 nitrogen and oxygen atoms in total. The summed E-state index contributed by atoms with van der Waals surface area (Å²) in [7, 11) is -3.57. The average Bonchev–Trinajstić information content (AvgIpc) is 3.29. The molecule has 0 radical (unpaired) electrons. The SMILES string of the molecule is O=C(NC(=S)Nc1ccc(S(=O)(=O)N2CCCC2)cc1)c1cc([N+](=O)[O-])cc([N+](=O)[O-])c1. The van der Waals surface area contributed by atoms with Gasteiger partial charge in [0, 0.05) is 30.9 Å². The first-order valence-electron chi connectivity index (χ1n) is 9.24. The fourth-order valence-electron chi connectivity index (χ4n) is 3.06. The van der Waals surface area contributed by atoms with E-state index in [2.05, 4.69) is 10.6 Å². The Hall–Kier alpha value is -3.49. The van der Waals surface area contributed by atoms with Gasteiger partial charge in [0.25, 0.3) is 17.3 Å². The predicted molar refractivity (Wildman–Crippen MR) is 118 cm³/mol. The summed E-state index contributed by atoms with van der Waals surface area (Å²) in [4.78, 5) is 32.7. The van der Waals surface area contributed by atoms with Crippen LogP contribution in [0.4, 0.5) is 17.1 Å². The molecule has 0 saturated carbocycles. The van der Waals surface area contributed by atoms with Crippen LogP contribution >= 0.6 is 12.2 Å². The van der Waals surface area contributed by atoms with Crippen molar-refractivity contribution in [3.05, 3.63) is 68.3 Å². The highest BCUT2D eigenvalue weighted by Crippen LogP contribution is 2.23. The van der Waals surface area contributed by atoms with E-state index in [1.807, 2.05) is 0 Å². The van der Waals surface area contributed by atoms with Crippen LogP contribution in [0.2, 0.25) is 0 Å². The number of carbonyl (C=O) groups excluding carboxylic acids is 1. The fraction of sp³-hybridized carbons (Fsp3) is 0.222. The lowest BCUT2D eigenvalue weighted by molar-refractivity contribution is -0.394. The number of nitro groups is 2. The summed E-state index contributed by atoms with van der Waals surface area (Å²) in [6, 6.07) is 8.28. The number of hydrogen-bond donors (Lipinski definition) is 2. The van der Waals surface area contributed by atoms with E-state index in [0.29, 0.717) is 18.8 Å². The normalized spacial score (nSPS) is 14.0. The topological polar surface area (TPSA) is 165 Å². The van der Waals surface area contributed by atoms with E-state index in [-0.39, 0.29) is 15.6 Å². The van der Waals surface area contributed by atoms with Crippen molar-refractivity contribution in [3.63, 3.8) is 0 Å². The number of non-ortho nitro benzene ring substituents is 2. The van der Waals surface area contributed by atoms with Crippen LogP contribution in [0.1, 0.15) is 23.2 Å². The van der Waals surface area contributed by atoms with Gasteiger partial charge in [-0.2, -0.15) is 4.31 Å². The van der Waals surface area contributed by atoms with Crippen molar-refractivity contribution < 1.29 is 23.1 Å². The first-order valence-corrected chi connectivity index (χ1v) is 11.1. The summed E-state index contributed by atoms with van der Waals surface area (Å²) in [6.07, 6.45) is 1.64. The third-order valence-corrected chi connectivity index (χ3v) is 6.75. The number of thiocarbonyl (C=S) groups is 1. The minimum absolute atomic E-state index is 0.129. The Bertz CT molecular complexity index is 1160. The molecule has 2 aromatic carbocycles. The molecular formula is C18H17N5O7S2. The van der Waals surface area contributed by atoms with E-state index in [0.717, 1.165) is 31.0 Å². The Labute approximate surface area is 187 Å². The molecule has 2 N–H and O–H groups in total. The monoisotopic (exact) mass is 479 g/mol. The molecule has 32 heavy (non-hydrogen) atoms. The maximum Gasteiger partial charge on any atom is 0.277 e. The lowest BCUT2D eigenvalue weighted by Crippen LogP contribution is -2.34. The highest BCUT2D eigenvalue weighted by atomic mass is 32.2. The zero-order valence-corrected chi connectivity index (χ0v) is 18.0. The molecule has 1 fully saturated rings. The molecule has 0 bridgehead atoms. The number of hydrogen-bond acceptors (Lipinski definition) is 8. The second-order valence-corrected chi connectivity index (χ2v) is 9.14. The Kier molecular flexibility index (Phi) is 6.76. The Balaban J connectivity index is 1.69. The number of nitrogens with one attached hydrogen (secondary N) is 2. The third kappa shape index (κ3) is 5.22. The van der Waals surface area contributed by atoms with E-state index in [9.17, 15) is 33.4 Å². The van der Waals surface area contributed by atoms with Crippen molar-refractivity contribution >= 4 is 50.3 Å². The number of nitro benzene ring substituents is 2. The molecule has 0 spiro atoms. The van der Waals surface area contributed by atoms with Gasteiger partial charge in [-0.15, -0.1) is 0 Å². The van der Waals surface area contributed by atoms with Crippen molar-refractivity contribution in [1.29, 1.82) is 0 Å². The van der Waals surface area contributed by atoms with E-state index in [1.54, 1.807) is 0 Å². The number of amides is 1. The molecule has 3 rings (SSSR count). The Morgan fingerprint density at radius 3 is 2.00 bits per heavy atom. The largest absolute Gasteiger partial charge is 0.332 e. The van der Waals surface area contributed by atoms with Crippen LogP contribution in [-0.4, -0.2) is 46.7 Å². The van der Waals surface area contributed by atoms with Gasteiger partial charge in [-0.3, -0.25) is 30.3 Å². The van der Waals surface area contributed by atoms with E-state index < -0.39 is 37.2 Å². The molecule has 1 heterocycles. The highest BCUT2D eigenvalue weighted by molar-refractivity contribution is 7.89. The average molecular weight is 479 g/mol. The van der Waals surface area contributed by atoms with Crippen LogP contribution in [0.25, 0.3) is 0 Å². The number of anilines is 1. The Morgan fingerprint density at radius 1 is 0.969 bits per heavy atom. The smallest absolute Gasteiger partial charge is 0.277 e. The summed E-state index contributed by atoms with van der Waals surface area (Å²) in [6.45, 7) is 0.961. The summed E-state index contributed by atoms with van der Waals surface area (Å²) < 4.78 is 26.5. The van der Waals surface area contributed by atoms with Gasteiger partial charge in [-0.25, -0.2) is 8.42 Å². The lowest BCUT2D eigenvalue weighted by Gasteiger charge is -2.16. The standard InChI is InChI=1S/C18H17N5O7S2/c24-17(12-9-14(22(25)26)11-15(10-12)23(27)28)20-18(31)19-13-3-5-16(6-4-13)32(29,30)21-7-1-2-8-21/h3-6,9-11H,1-2,7-8H2,(H2,19,20,24,31). The van der Waals surface area contributed by atoms with Crippen LogP contribution in [0.15, 0.2) is 47.4 Å². The molecular weight excluding hydrogens is 462 g/mol. The lowest BCUT2D eigenvalue weighted by atomic mass is 10.1. The number of nitrogens with zero attached hydrogens (tertiary/aromatic N) is 3. The molecule has 1 saturated heterocycles. The predicted octanol–water partition coefficient (Wildman–Crippen LogP) is 2.41.